The van der Waals surface area contributed by atoms with Crippen LogP contribution in [0.1, 0.15) is 17.3 Å². The van der Waals surface area contributed by atoms with Gasteiger partial charge >= 0.3 is 5.97 Å². The van der Waals surface area contributed by atoms with E-state index in [1.54, 1.807) is 6.92 Å². The van der Waals surface area contributed by atoms with Gasteiger partial charge in [-0.2, -0.15) is 0 Å². The van der Waals surface area contributed by atoms with Crippen molar-refractivity contribution in [3.8, 4) is 11.1 Å². The highest BCUT2D eigenvalue weighted by atomic mass is 127. The van der Waals surface area contributed by atoms with Crippen LogP contribution >= 0.6 is 33.9 Å². The van der Waals surface area contributed by atoms with Gasteiger partial charge in [-0.15, -0.1) is 11.3 Å². The van der Waals surface area contributed by atoms with E-state index in [9.17, 15) is 4.79 Å². The molecule has 1 aromatic heterocycles. The van der Waals surface area contributed by atoms with Crippen LogP contribution in [-0.4, -0.2) is 12.6 Å². The van der Waals surface area contributed by atoms with E-state index in [2.05, 4.69) is 22.6 Å². The Hall–Kier alpha value is -1.08. The number of ether oxygens (including phenoxy) is 1. The Labute approximate surface area is 123 Å². The molecule has 18 heavy (non-hydrogen) atoms. The lowest BCUT2D eigenvalue weighted by Gasteiger charge is -2.05. The monoisotopic (exact) mass is 373 g/mol. The molecule has 2 rings (SSSR count). The lowest BCUT2D eigenvalue weighted by Crippen LogP contribution is -2.07. The number of anilines is 1. The molecule has 0 radical (unpaired) electrons. The number of nitrogen functional groups attached to an aromatic ring is 1. The molecule has 0 aliphatic heterocycles. The molecule has 1 aromatic carbocycles. The molecule has 1 heterocycles. The second kappa shape index (κ2) is 5.71. The summed E-state index contributed by atoms with van der Waals surface area (Å²) in [7, 11) is 0. The molecule has 94 valence electrons. The molecule has 5 heteroatoms. The summed E-state index contributed by atoms with van der Waals surface area (Å²) in [5.74, 6) is -0.354. The van der Waals surface area contributed by atoms with Gasteiger partial charge in [-0.1, -0.05) is 30.3 Å². The van der Waals surface area contributed by atoms with Gasteiger partial charge in [0.15, 0.2) is 0 Å². The van der Waals surface area contributed by atoms with Gasteiger partial charge in [0.05, 0.1) is 9.49 Å². The lowest BCUT2D eigenvalue weighted by molar-refractivity contribution is 0.0529. The molecule has 0 saturated carbocycles. The summed E-state index contributed by atoms with van der Waals surface area (Å²) in [5, 5.41) is 0.511. The van der Waals surface area contributed by atoms with Gasteiger partial charge in [0.25, 0.3) is 0 Å². The molecular formula is C13H12INO2S. The summed E-state index contributed by atoms with van der Waals surface area (Å²) in [6.07, 6.45) is 0. The average Bonchev–Trinajstić information content (AvgIpc) is 2.65. The van der Waals surface area contributed by atoms with Gasteiger partial charge in [-0.3, -0.25) is 0 Å². The summed E-state index contributed by atoms with van der Waals surface area (Å²) >= 11 is 3.61. The van der Waals surface area contributed by atoms with Crippen LogP contribution in [-0.2, 0) is 4.74 Å². The van der Waals surface area contributed by atoms with Gasteiger partial charge in [0.1, 0.15) is 10.6 Å². The topological polar surface area (TPSA) is 52.3 Å². The van der Waals surface area contributed by atoms with Crippen molar-refractivity contribution in [1.29, 1.82) is 0 Å². The summed E-state index contributed by atoms with van der Waals surface area (Å²) in [4.78, 5) is 12.0. The molecule has 0 saturated heterocycles. The minimum atomic E-state index is -0.354. The van der Waals surface area contributed by atoms with E-state index in [1.807, 2.05) is 30.3 Å². The van der Waals surface area contributed by atoms with Gasteiger partial charge in [-0.25, -0.2) is 4.79 Å². The molecule has 2 aromatic rings. The van der Waals surface area contributed by atoms with Crippen LogP contribution in [0, 0.1) is 2.88 Å². The number of rotatable bonds is 3. The molecule has 0 atom stereocenters. The van der Waals surface area contributed by atoms with Crippen LogP contribution in [0.25, 0.3) is 11.1 Å². The van der Waals surface area contributed by atoms with Crippen LogP contribution in [0.3, 0.4) is 0 Å². The van der Waals surface area contributed by atoms with E-state index < -0.39 is 0 Å². The summed E-state index contributed by atoms with van der Waals surface area (Å²) in [5.41, 5.74) is 8.26. The number of benzene rings is 1. The van der Waals surface area contributed by atoms with Crippen molar-refractivity contribution in [2.75, 3.05) is 12.3 Å². The van der Waals surface area contributed by atoms with Gasteiger partial charge in [0.2, 0.25) is 0 Å². The Balaban J connectivity index is 2.57. The van der Waals surface area contributed by atoms with Crippen LogP contribution < -0.4 is 5.73 Å². The largest absolute Gasteiger partial charge is 0.462 e. The van der Waals surface area contributed by atoms with Crippen molar-refractivity contribution in [2.24, 2.45) is 0 Å². The number of hydrogen-bond acceptors (Lipinski definition) is 4. The number of hydrogen-bond donors (Lipinski definition) is 1. The predicted octanol–water partition coefficient (Wildman–Crippen LogP) is 3.78. The molecule has 0 fully saturated rings. The van der Waals surface area contributed by atoms with Crippen molar-refractivity contribution in [2.45, 2.75) is 6.92 Å². The predicted molar refractivity (Wildman–Crippen MR) is 82.8 cm³/mol. The fourth-order valence-corrected chi connectivity index (χ4v) is 3.78. The highest BCUT2D eigenvalue weighted by Gasteiger charge is 2.23. The summed E-state index contributed by atoms with van der Waals surface area (Å²) in [6, 6.07) is 9.75. The number of halogens is 1. The molecule has 0 aliphatic carbocycles. The standard InChI is InChI=1S/C13H12INO2S/c1-2-17-13(16)10-9(11(14)18-12(10)15)8-6-4-3-5-7-8/h3-7H,2,15H2,1H3. The fourth-order valence-electron chi connectivity index (χ4n) is 1.69. The second-order valence-corrected chi connectivity index (χ2v) is 6.44. The molecule has 0 amide bonds. The zero-order chi connectivity index (χ0) is 13.1. The van der Waals surface area contributed by atoms with Gasteiger partial charge in [-0.05, 0) is 35.1 Å². The first-order valence-electron chi connectivity index (χ1n) is 5.45. The highest BCUT2D eigenvalue weighted by Crippen LogP contribution is 2.39. The van der Waals surface area contributed by atoms with Crippen molar-refractivity contribution in [1.82, 2.24) is 0 Å². The van der Waals surface area contributed by atoms with Gasteiger partial charge < -0.3 is 10.5 Å². The fraction of sp³-hybridized carbons (Fsp3) is 0.154. The Bertz CT molecular complexity index is 566. The average molecular weight is 373 g/mol. The van der Waals surface area contributed by atoms with Crippen molar-refractivity contribution in [3.63, 3.8) is 0 Å². The minimum Gasteiger partial charge on any atom is -0.462 e. The Kier molecular flexibility index (Phi) is 4.23. The molecule has 2 N–H and O–H groups in total. The quantitative estimate of drug-likeness (QED) is 0.658. The maximum Gasteiger partial charge on any atom is 0.341 e. The van der Waals surface area contributed by atoms with Crippen LogP contribution in [0.2, 0.25) is 0 Å². The molecule has 3 nitrogen and oxygen atoms in total. The number of thiophene rings is 1. The van der Waals surface area contributed by atoms with E-state index in [1.165, 1.54) is 11.3 Å². The zero-order valence-corrected chi connectivity index (χ0v) is 12.7. The molecular weight excluding hydrogens is 361 g/mol. The Morgan fingerprint density at radius 2 is 2.06 bits per heavy atom. The third kappa shape index (κ3) is 2.51. The van der Waals surface area contributed by atoms with Crippen LogP contribution in [0.15, 0.2) is 30.3 Å². The van der Waals surface area contributed by atoms with E-state index in [0.29, 0.717) is 17.2 Å². The normalized spacial score (nSPS) is 10.3. The van der Waals surface area contributed by atoms with E-state index in [4.69, 9.17) is 10.5 Å². The van der Waals surface area contributed by atoms with Crippen molar-refractivity contribution >= 4 is 44.9 Å². The molecule has 0 bridgehead atoms. The number of carbonyl (C=O) groups excluding carboxylic acids is 1. The minimum absolute atomic E-state index is 0.346. The lowest BCUT2D eigenvalue weighted by atomic mass is 10.0. The Morgan fingerprint density at radius 3 is 2.67 bits per heavy atom. The van der Waals surface area contributed by atoms with E-state index in [0.717, 1.165) is 14.0 Å². The van der Waals surface area contributed by atoms with Crippen molar-refractivity contribution in [3.05, 3.63) is 38.8 Å². The second-order valence-electron chi connectivity index (χ2n) is 3.58. The third-order valence-corrected chi connectivity index (χ3v) is 4.44. The van der Waals surface area contributed by atoms with E-state index >= 15 is 0 Å². The molecule has 0 unspecified atom stereocenters. The van der Waals surface area contributed by atoms with Crippen LogP contribution in [0.5, 0.6) is 0 Å². The number of esters is 1. The van der Waals surface area contributed by atoms with Crippen molar-refractivity contribution < 1.29 is 9.53 Å². The van der Waals surface area contributed by atoms with E-state index in [-0.39, 0.29) is 5.97 Å². The van der Waals surface area contributed by atoms with Crippen LogP contribution in [0.4, 0.5) is 5.00 Å². The van der Waals surface area contributed by atoms with Gasteiger partial charge in [0, 0.05) is 5.56 Å². The smallest absolute Gasteiger partial charge is 0.341 e. The number of carbonyl (C=O) groups is 1. The first kappa shape index (κ1) is 13.4. The maximum atomic E-state index is 12.0. The first-order chi connectivity index (χ1) is 8.65. The third-order valence-electron chi connectivity index (χ3n) is 2.43. The molecule has 0 aliphatic rings. The first-order valence-corrected chi connectivity index (χ1v) is 7.35. The number of nitrogens with two attached hydrogens (primary N) is 1. The maximum absolute atomic E-state index is 12.0. The summed E-state index contributed by atoms with van der Waals surface area (Å²) < 4.78 is 6.07. The highest BCUT2D eigenvalue weighted by molar-refractivity contribution is 14.1. The summed E-state index contributed by atoms with van der Waals surface area (Å²) in [6.45, 7) is 2.13. The molecule has 0 spiro atoms. The Morgan fingerprint density at radius 1 is 1.39 bits per heavy atom. The zero-order valence-electron chi connectivity index (χ0n) is 9.77. The SMILES string of the molecule is CCOC(=O)c1c(N)sc(I)c1-c1ccccc1.